The van der Waals surface area contributed by atoms with Crippen molar-refractivity contribution in [2.45, 2.75) is 39.2 Å². The van der Waals surface area contributed by atoms with Crippen molar-refractivity contribution >= 4 is 17.0 Å². The molecule has 2 unspecified atom stereocenters. The van der Waals surface area contributed by atoms with Crippen molar-refractivity contribution < 1.29 is 9.90 Å². The largest absolute Gasteiger partial charge is 0.481 e. The van der Waals surface area contributed by atoms with Gasteiger partial charge >= 0.3 is 5.97 Å². The molecule has 1 aromatic heterocycles. The Morgan fingerprint density at radius 1 is 1.32 bits per heavy atom. The Bertz CT molecular complexity index is 645. The minimum atomic E-state index is -0.687. The Balaban J connectivity index is 2.10. The molecular formula is C15H18N2O2. The monoisotopic (exact) mass is 258 g/mol. The van der Waals surface area contributed by atoms with Gasteiger partial charge in [-0.15, -0.1) is 0 Å². The molecule has 0 radical (unpaired) electrons. The third-order valence-electron chi connectivity index (χ3n) is 4.34. The Kier molecular flexibility index (Phi) is 2.81. The zero-order valence-corrected chi connectivity index (χ0v) is 11.3. The highest BCUT2D eigenvalue weighted by atomic mass is 16.4. The van der Waals surface area contributed by atoms with Crippen LogP contribution >= 0.6 is 0 Å². The van der Waals surface area contributed by atoms with Crippen molar-refractivity contribution in [2.24, 2.45) is 5.92 Å². The van der Waals surface area contributed by atoms with Gasteiger partial charge in [-0.3, -0.25) is 4.79 Å². The van der Waals surface area contributed by atoms with Crippen molar-refractivity contribution in [3.63, 3.8) is 0 Å². The number of carboxylic acids is 1. The molecule has 4 heteroatoms. The van der Waals surface area contributed by atoms with E-state index in [0.29, 0.717) is 0 Å². The zero-order chi connectivity index (χ0) is 13.6. The third kappa shape index (κ3) is 1.91. The molecule has 19 heavy (non-hydrogen) atoms. The van der Waals surface area contributed by atoms with Crippen LogP contribution in [0.2, 0.25) is 0 Å². The van der Waals surface area contributed by atoms with Gasteiger partial charge in [-0.25, -0.2) is 4.98 Å². The topological polar surface area (TPSA) is 55.1 Å². The van der Waals surface area contributed by atoms with Gasteiger partial charge in [0, 0.05) is 6.04 Å². The summed E-state index contributed by atoms with van der Waals surface area (Å²) in [6.07, 6.45) is 4.47. The second-order valence-electron chi connectivity index (χ2n) is 5.52. The molecule has 1 heterocycles. The first-order valence-corrected chi connectivity index (χ1v) is 6.74. The Morgan fingerprint density at radius 2 is 2.05 bits per heavy atom. The molecule has 1 N–H and O–H groups in total. The van der Waals surface area contributed by atoms with E-state index in [4.69, 9.17) is 0 Å². The number of carboxylic acid groups (broad SMARTS) is 1. The highest BCUT2D eigenvalue weighted by Crippen LogP contribution is 2.37. The highest BCUT2D eigenvalue weighted by Gasteiger charge is 2.34. The van der Waals surface area contributed by atoms with Gasteiger partial charge in [0.25, 0.3) is 0 Å². The first-order valence-electron chi connectivity index (χ1n) is 6.74. The molecule has 2 aromatic rings. The molecule has 1 aromatic carbocycles. The SMILES string of the molecule is Cc1cc2ncn(C3CCCC3C(=O)O)c2cc1C. The van der Waals surface area contributed by atoms with Crippen LogP contribution in [-0.4, -0.2) is 20.6 Å². The average molecular weight is 258 g/mol. The maximum atomic E-state index is 11.3. The molecule has 0 bridgehead atoms. The molecule has 1 saturated carbocycles. The predicted molar refractivity (Wildman–Crippen MR) is 73.2 cm³/mol. The lowest BCUT2D eigenvalue weighted by molar-refractivity contribution is -0.142. The van der Waals surface area contributed by atoms with E-state index in [9.17, 15) is 9.90 Å². The number of fused-ring (bicyclic) bond motifs is 1. The van der Waals surface area contributed by atoms with Crippen LogP contribution < -0.4 is 0 Å². The molecule has 1 fully saturated rings. The van der Waals surface area contributed by atoms with E-state index >= 15 is 0 Å². The summed E-state index contributed by atoms with van der Waals surface area (Å²) in [5, 5.41) is 9.32. The number of imidazole rings is 1. The average Bonchev–Trinajstić information content (AvgIpc) is 2.95. The van der Waals surface area contributed by atoms with E-state index in [2.05, 4.69) is 35.5 Å². The van der Waals surface area contributed by atoms with Crippen molar-refractivity contribution in [1.82, 2.24) is 9.55 Å². The molecule has 3 rings (SSSR count). The maximum absolute atomic E-state index is 11.3. The Hall–Kier alpha value is -1.84. The quantitative estimate of drug-likeness (QED) is 0.900. The van der Waals surface area contributed by atoms with E-state index < -0.39 is 5.97 Å². The van der Waals surface area contributed by atoms with Gasteiger partial charge in [0.15, 0.2) is 0 Å². The highest BCUT2D eigenvalue weighted by molar-refractivity contribution is 5.78. The number of hydrogen-bond donors (Lipinski definition) is 1. The van der Waals surface area contributed by atoms with Crippen LogP contribution in [0.3, 0.4) is 0 Å². The van der Waals surface area contributed by atoms with E-state index in [1.54, 1.807) is 6.33 Å². The van der Waals surface area contributed by atoms with Crippen LogP contribution in [0.15, 0.2) is 18.5 Å². The summed E-state index contributed by atoms with van der Waals surface area (Å²) in [6, 6.07) is 4.24. The van der Waals surface area contributed by atoms with Crippen LogP contribution in [-0.2, 0) is 4.79 Å². The zero-order valence-electron chi connectivity index (χ0n) is 11.3. The lowest BCUT2D eigenvalue weighted by Crippen LogP contribution is -2.21. The number of aromatic nitrogens is 2. The second kappa shape index (κ2) is 4.37. The predicted octanol–water partition coefficient (Wildman–Crippen LogP) is 3.08. The van der Waals surface area contributed by atoms with E-state index in [1.807, 2.05) is 0 Å². The van der Waals surface area contributed by atoms with Gasteiger partial charge in [0.05, 0.1) is 23.3 Å². The summed E-state index contributed by atoms with van der Waals surface area (Å²) >= 11 is 0. The molecule has 100 valence electrons. The molecule has 0 aliphatic heterocycles. The second-order valence-corrected chi connectivity index (χ2v) is 5.52. The molecule has 2 atom stereocenters. The number of carbonyl (C=O) groups is 1. The van der Waals surface area contributed by atoms with Gasteiger partial charge < -0.3 is 9.67 Å². The van der Waals surface area contributed by atoms with E-state index in [0.717, 1.165) is 30.3 Å². The molecule has 0 spiro atoms. The number of benzene rings is 1. The first-order chi connectivity index (χ1) is 9.08. The molecule has 4 nitrogen and oxygen atoms in total. The molecule has 1 aliphatic carbocycles. The number of rotatable bonds is 2. The lowest BCUT2D eigenvalue weighted by Gasteiger charge is -2.18. The fourth-order valence-electron chi connectivity index (χ4n) is 3.11. The van der Waals surface area contributed by atoms with Gasteiger partial charge in [0.1, 0.15) is 0 Å². The number of aliphatic carboxylic acids is 1. The molecular weight excluding hydrogens is 240 g/mol. The number of nitrogens with zero attached hydrogens (tertiary/aromatic N) is 2. The van der Waals surface area contributed by atoms with Gasteiger partial charge in [-0.05, 0) is 49.9 Å². The number of aryl methyl sites for hydroxylation is 2. The Morgan fingerprint density at radius 3 is 2.79 bits per heavy atom. The smallest absolute Gasteiger partial charge is 0.308 e. The van der Waals surface area contributed by atoms with Crippen LogP contribution in [0, 0.1) is 19.8 Å². The molecule has 0 amide bonds. The summed E-state index contributed by atoms with van der Waals surface area (Å²) in [5.41, 5.74) is 4.46. The van der Waals surface area contributed by atoms with E-state index in [-0.39, 0.29) is 12.0 Å². The lowest BCUT2D eigenvalue weighted by atomic mass is 10.0. The van der Waals surface area contributed by atoms with Crippen molar-refractivity contribution in [2.75, 3.05) is 0 Å². The minimum Gasteiger partial charge on any atom is -0.481 e. The summed E-state index contributed by atoms with van der Waals surface area (Å²) in [4.78, 5) is 15.8. The van der Waals surface area contributed by atoms with Crippen LogP contribution in [0.5, 0.6) is 0 Å². The fraction of sp³-hybridized carbons (Fsp3) is 0.467. The van der Waals surface area contributed by atoms with Crippen LogP contribution in [0.4, 0.5) is 0 Å². The standard InChI is InChI=1S/C15H18N2O2/c1-9-6-12-14(7-10(9)2)17(8-16-12)13-5-3-4-11(13)15(18)19/h6-8,11,13H,3-5H2,1-2H3,(H,18,19). The number of hydrogen-bond acceptors (Lipinski definition) is 2. The first kappa shape index (κ1) is 12.2. The minimum absolute atomic E-state index is 0.0459. The van der Waals surface area contributed by atoms with Crippen molar-refractivity contribution in [3.8, 4) is 0 Å². The summed E-state index contributed by atoms with van der Waals surface area (Å²) in [6.45, 7) is 4.15. The maximum Gasteiger partial charge on any atom is 0.308 e. The van der Waals surface area contributed by atoms with Crippen molar-refractivity contribution in [3.05, 3.63) is 29.6 Å². The summed E-state index contributed by atoms with van der Waals surface area (Å²) in [7, 11) is 0. The van der Waals surface area contributed by atoms with Crippen LogP contribution in [0.25, 0.3) is 11.0 Å². The summed E-state index contributed by atoms with van der Waals surface area (Å²) in [5.74, 6) is -0.966. The molecule has 1 aliphatic rings. The fourth-order valence-corrected chi connectivity index (χ4v) is 3.11. The Labute approximate surface area is 112 Å². The van der Waals surface area contributed by atoms with Gasteiger partial charge in [0.2, 0.25) is 0 Å². The summed E-state index contributed by atoms with van der Waals surface area (Å²) < 4.78 is 2.06. The van der Waals surface area contributed by atoms with Gasteiger partial charge in [-0.1, -0.05) is 6.42 Å². The third-order valence-corrected chi connectivity index (χ3v) is 4.34. The van der Waals surface area contributed by atoms with Crippen molar-refractivity contribution in [1.29, 1.82) is 0 Å². The molecule has 0 saturated heterocycles. The normalized spacial score (nSPS) is 23.1. The van der Waals surface area contributed by atoms with Crippen LogP contribution in [0.1, 0.15) is 36.4 Å². The van der Waals surface area contributed by atoms with Gasteiger partial charge in [-0.2, -0.15) is 0 Å². The van der Waals surface area contributed by atoms with E-state index in [1.165, 1.54) is 11.1 Å².